The van der Waals surface area contributed by atoms with Crippen LogP contribution >= 0.6 is 0 Å². The van der Waals surface area contributed by atoms with Crippen LogP contribution in [0.15, 0.2) is 48.5 Å². The molecule has 3 rings (SSSR count). The number of benzene rings is 2. The van der Waals surface area contributed by atoms with Gasteiger partial charge in [0.1, 0.15) is 6.04 Å². The van der Waals surface area contributed by atoms with E-state index in [0.29, 0.717) is 37.3 Å². The molecule has 1 aliphatic carbocycles. The quantitative estimate of drug-likeness (QED) is 0.556. The Balaban J connectivity index is 1.67. The monoisotopic (exact) mass is 452 g/mol. The number of amides is 2. The van der Waals surface area contributed by atoms with Crippen LogP contribution in [-0.2, 0) is 22.4 Å². The molecular formula is C27H36N2O4. The number of nitrogens with zero attached hydrogens (tertiary/aromatic N) is 1. The van der Waals surface area contributed by atoms with Crippen LogP contribution in [0.1, 0.15) is 50.2 Å². The third kappa shape index (κ3) is 6.98. The third-order valence-electron chi connectivity index (χ3n) is 6.43. The third-order valence-corrected chi connectivity index (χ3v) is 6.43. The van der Waals surface area contributed by atoms with Gasteiger partial charge < -0.3 is 19.7 Å². The zero-order chi connectivity index (χ0) is 23.6. The van der Waals surface area contributed by atoms with Gasteiger partial charge in [-0.25, -0.2) is 0 Å². The van der Waals surface area contributed by atoms with Gasteiger partial charge in [-0.3, -0.25) is 9.59 Å². The topological polar surface area (TPSA) is 67.9 Å². The van der Waals surface area contributed by atoms with Gasteiger partial charge in [0.25, 0.3) is 0 Å². The summed E-state index contributed by atoms with van der Waals surface area (Å²) < 4.78 is 10.7. The molecule has 1 atom stereocenters. The van der Waals surface area contributed by atoms with E-state index in [1.807, 2.05) is 43.3 Å². The molecule has 6 nitrogen and oxygen atoms in total. The second-order valence-corrected chi connectivity index (χ2v) is 8.68. The van der Waals surface area contributed by atoms with Crippen molar-refractivity contribution < 1.29 is 19.1 Å². The fourth-order valence-electron chi connectivity index (χ4n) is 4.39. The van der Waals surface area contributed by atoms with E-state index < -0.39 is 6.04 Å². The van der Waals surface area contributed by atoms with E-state index >= 15 is 0 Å². The van der Waals surface area contributed by atoms with Gasteiger partial charge in [0.15, 0.2) is 11.5 Å². The van der Waals surface area contributed by atoms with Gasteiger partial charge in [0.2, 0.25) is 11.8 Å². The van der Waals surface area contributed by atoms with Crippen molar-refractivity contribution in [1.29, 1.82) is 0 Å². The Labute approximate surface area is 197 Å². The SMILES string of the molecule is COc1ccc(CCC(=O)N(CCc2ccccc2)[C@H](C)C(=O)NC2CCCC2)cc1OC. The van der Waals surface area contributed by atoms with Gasteiger partial charge >= 0.3 is 0 Å². The van der Waals surface area contributed by atoms with Crippen LogP contribution in [0.2, 0.25) is 0 Å². The van der Waals surface area contributed by atoms with Gasteiger partial charge in [-0.1, -0.05) is 49.2 Å². The number of ether oxygens (including phenoxy) is 2. The fourth-order valence-corrected chi connectivity index (χ4v) is 4.39. The first kappa shape index (κ1) is 24.6. The van der Waals surface area contributed by atoms with Crippen molar-refractivity contribution in [3.8, 4) is 11.5 Å². The van der Waals surface area contributed by atoms with Gasteiger partial charge in [-0.2, -0.15) is 0 Å². The molecule has 0 spiro atoms. The van der Waals surface area contributed by atoms with Crippen molar-refractivity contribution in [1.82, 2.24) is 10.2 Å². The minimum atomic E-state index is -0.507. The van der Waals surface area contributed by atoms with Crippen LogP contribution in [0, 0.1) is 0 Å². The standard InChI is InChI=1S/C27H36N2O4/c1-20(27(31)28-23-11-7-8-12-23)29(18-17-21-9-5-4-6-10-21)26(30)16-14-22-13-15-24(32-2)25(19-22)33-3/h4-6,9-10,13,15,19-20,23H,7-8,11-12,14,16-18H2,1-3H3,(H,28,31)/t20-/m1/s1. The first-order valence-electron chi connectivity index (χ1n) is 11.9. The van der Waals surface area contributed by atoms with Crippen LogP contribution in [-0.4, -0.2) is 49.6 Å². The van der Waals surface area contributed by atoms with E-state index in [-0.39, 0.29) is 17.9 Å². The highest BCUT2D eigenvalue weighted by molar-refractivity contribution is 5.87. The zero-order valence-corrected chi connectivity index (χ0v) is 20.0. The maximum Gasteiger partial charge on any atom is 0.242 e. The predicted molar refractivity (Wildman–Crippen MR) is 130 cm³/mol. The highest BCUT2D eigenvalue weighted by atomic mass is 16.5. The number of nitrogens with one attached hydrogen (secondary N) is 1. The Kier molecular flexibility index (Phi) is 9.16. The number of rotatable bonds is 11. The molecule has 0 aromatic heterocycles. The maximum absolute atomic E-state index is 13.3. The summed E-state index contributed by atoms with van der Waals surface area (Å²) in [6.45, 7) is 2.34. The molecule has 2 aromatic rings. The summed E-state index contributed by atoms with van der Waals surface area (Å²) in [6.07, 6.45) is 5.96. The first-order valence-corrected chi connectivity index (χ1v) is 11.9. The minimum Gasteiger partial charge on any atom is -0.493 e. The van der Waals surface area contributed by atoms with E-state index in [4.69, 9.17) is 9.47 Å². The fraction of sp³-hybridized carbons (Fsp3) is 0.481. The lowest BCUT2D eigenvalue weighted by atomic mass is 10.1. The summed E-state index contributed by atoms with van der Waals surface area (Å²) >= 11 is 0. The molecule has 1 saturated carbocycles. The number of hydrogen-bond acceptors (Lipinski definition) is 4. The molecule has 2 aromatic carbocycles. The molecule has 178 valence electrons. The lowest BCUT2D eigenvalue weighted by molar-refractivity contribution is -0.140. The Morgan fingerprint density at radius 2 is 1.67 bits per heavy atom. The Hall–Kier alpha value is -3.02. The molecule has 33 heavy (non-hydrogen) atoms. The average Bonchev–Trinajstić information content (AvgIpc) is 3.36. The number of carbonyl (C=O) groups is 2. The molecule has 0 heterocycles. The minimum absolute atomic E-state index is 0.0187. The molecule has 0 unspecified atom stereocenters. The smallest absolute Gasteiger partial charge is 0.242 e. The van der Waals surface area contributed by atoms with E-state index in [2.05, 4.69) is 17.4 Å². The van der Waals surface area contributed by atoms with E-state index in [1.165, 1.54) is 0 Å². The Morgan fingerprint density at radius 3 is 2.33 bits per heavy atom. The molecule has 1 fully saturated rings. The summed E-state index contributed by atoms with van der Waals surface area (Å²) in [5, 5.41) is 3.15. The molecule has 0 radical (unpaired) electrons. The van der Waals surface area contributed by atoms with Crippen LogP contribution in [0.5, 0.6) is 11.5 Å². The van der Waals surface area contributed by atoms with Crippen LogP contribution < -0.4 is 14.8 Å². The highest BCUT2D eigenvalue weighted by Crippen LogP contribution is 2.28. The van der Waals surface area contributed by atoms with Crippen molar-refractivity contribution in [2.75, 3.05) is 20.8 Å². The van der Waals surface area contributed by atoms with Crippen molar-refractivity contribution in [3.05, 3.63) is 59.7 Å². The van der Waals surface area contributed by atoms with E-state index in [9.17, 15) is 9.59 Å². The second-order valence-electron chi connectivity index (χ2n) is 8.68. The molecule has 0 saturated heterocycles. The van der Waals surface area contributed by atoms with Crippen LogP contribution in [0.25, 0.3) is 0 Å². The number of carbonyl (C=O) groups excluding carboxylic acids is 2. The molecule has 1 aliphatic rings. The molecule has 0 bridgehead atoms. The van der Waals surface area contributed by atoms with E-state index in [1.54, 1.807) is 19.1 Å². The van der Waals surface area contributed by atoms with Crippen LogP contribution in [0.4, 0.5) is 0 Å². The van der Waals surface area contributed by atoms with Crippen molar-refractivity contribution in [3.63, 3.8) is 0 Å². The normalized spacial score (nSPS) is 14.5. The molecule has 6 heteroatoms. The lowest BCUT2D eigenvalue weighted by Crippen LogP contribution is -2.50. The van der Waals surface area contributed by atoms with Crippen molar-refractivity contribution in [2.45, 2.75) is 64.0 Å². The van der Waals surface area contributed by atoms with Gasteiger partial charge in [-0.05, 0) is 55.9 Å². The van der Waals surface area contributed by atoms with E-state index in [0.717, 1.165) is 36.8 Å². The number of aryl methyl sites for hydroxylation is 1. The highest BCUT2D eigenvalue weighted by Gasteiger charge is 2.28. The Bertz CT molecular complexity index is 910. The molecular weight excluding hydrogens is 416 g/mol. The zero-order valence-electron chi connectivity index (χ0n) is 20.0. The van der Waals surface area contributed by atoms with Crippen molar-refractivity contribution >= 4 is 11.8 Å². The summed E-state index contributed by atoms with van der Waals surface area (Å²) in [5.41, 5.74) is 2.14. The van der Waals surface area contributed by atoms with Gasteiger partial charge in [-0.15, -0.1) is 0 Å². The molecule has 0 aliphatic heterocycles. The Morgan fingerprint density at radius 1 is 0.970 bits per heavy atom. The van der Waals surface area contributed by atoms with Gasteiger partial charge in [0, 0.05) is 19.0 Å². The summed E-state index contributed by atoms with van der Waals surface area (Å²) in [6, 6.07) is 15.5. The second kappa shape index (κ2) is 12.3. The van der Waals surface area contributed by atoms with Crippen molar-refractivity contribution in [2.24, 2.45) is 0 Å². The largest absolute Gasteiger partial charge is 0.493 e. The predicted octanol–water partition coefficient (Wildman–Crippen LogP) is 4.16. The average molecular weight is 453 g/mol. The van der Waals surface area contributed by atoms with Crippen LogP contribution in [0.3, 0.4) is 0 Å². The lowest BCUT2D eigenvalue weighted by Gasteiger charge is -2.30. The first-order chi connectivity index (χ1) is 16.0. The molecule has 1 N–H and O–H groups in total. The van der Waals surface area contributed by atoms with Gasteiger partial charge in [0.05, 0.1) is 14.2 Å². The molecule has 2 amide bonds. The maximum atomic E-state index is 13.3. The summed E-state index contributed by atoms with van der Waals surface area (Å²) in [7, 11) is 3.20. The number of hydrogen-bond donors (Lipinski definition) is 1. The number of methoxy groups -OCH3 is 2. The summed E-state index contributed by atoms with van der Waals surface area (Å²) in [5.74, 6) is 1.23. The summed E-state index contributed by atoms with van der Waals surface area (Å²) in [4.78, 5) is 28.0.